The second kappa shape index (κ2) is 4.90. The molecule has 1 amide bonds. The van der Waals surface area contributed by atoms with E-state index in [4.69, 9.17) is 11.6 Å². The summed E-state index contributed by atoms with van der Waals surface area (Å²) >= 11 is 10.2. The molecule has 1 aromatic carbocycles. The first kappa shape index (κ1) is 11.5. The minimum atomic E-state index is -0.295. The van der Waals surface area contributed by atoms with E-state index in [1.165, 1.54) is 0 Å². The first-order valence-corrected chi connectivity index (χ1v) is 6.21. The summed E-state index contributed by atoms with van der Waals surface area (Å²) in [4.78, 5) is 11.7. The predicted octanol–water partition coefficient (Wildman–Crippen LogP) is 3.21. The predicted molar refractivity (Wildman–Crippen MR) is 67.0 cm³/mol. The molecule has 7 heteroatoms. The third kappa shape index (κ3) is 2.58. The number of aromatic nitrogens is 2. The molecule has 82 valence electrons. The van der Waals surface area contributed by atoms with Gasteiger partial charge in [0.25, 0.3) is 5.91 Å². The Morgan fingerprint density at radius 1 is 1.50 bits per heavy atom. The fourth-order valence-corrected chi connectivity index (χ4v) is 2.26. The van der Waals surface area contributed by atoms with Gasteiger partial charge in [-0.25, -0.2) is 0 Å². The van der Waals surface area contributed by atoms with Gasteiger partial charge in [0.1, 0.15) is 0 Å². The molecule has 0 bridgehead atoms. The van der Waals surface area contributed by atoms with Crippen LogP contribution in [0.2, 0.25) is 5.02 Å². The van der Waals surface area contributed by atoms with Crippen LogP contribution < -0.4 is 5.32 Å². The summed E-state index contributed by atoms with van der Waals surface area (Å²) in [6, 6.07) is 5.11. The van der Waals surface area contributed by atoms with Crippen LogP contribution in [-0.4, -0.2) is 15.5 Å². The van der Waals surface area contributed by atoms with Crippen LogP contribution in [0, 0.1) is 0 Å². The monoisotopic (exact) mass is 317 g/mol. The van der Waals surface area contributed by atoms with Crippen molar-refractivity contribution < 1.29 is 4.79 Å². The number of amides is 1. The first-order valence-electron chi connectivity index (χ1n) is 4.20. The number of anilines is 1. The molecule has 0 saturated carbocycles. The summed E-state index contributed by atoms with van der Waals surface area (Å²) in [7, 11) is 0. The summed E-state index contributed by atoms with van der Waals surface area (Å²) in [5.41, 5.74) is 0.939. The maximum absolute atomic E-state index is 11.7. The van der Waals surface area contributed by atoms with Gasteiger partial charge in [0.05, 0.1) is 5.69 Å². The molecule has 0 aliphatic rings. The van der Waals surface area contributed by atoms with Gasteiger partial charge in [-0.15, -0.1) is 5.10 Å². The van der Waals surface area contributed by atoms with Crippen LogP contribution in [0.15, 0.2) is 28.1 Å². The molecule has 4 nitrogen and oxygen atoms in total. The van der Waals surface area contributed by atoms with Gasteiger partial charge in [-0.3, -0.25) is 4.79 Å². The van der Waals surface area contributed by atoms with E-state index in [1.54, 1.807) is 23.6 Å². The van der Waals surface area contributed by atoms with E-state index in [2.05, 4.69) is 30.8 Å². The van der Waals surface area contributed by atoms with Crippen molar-refractivity contribution in [1.29, 1.82) is 0 Å². The van der Waals surface area contributed by atoms with Crippen LogP contribution in [0.25, 0.3) is 0 Å². The molecule has 0 spiro atoms. The van der Waals surface area contributed by atoms with Crippen molar-refractivity contribution in [1.82, 2.24) is 9.59 Å². The first-order chi connectivity index (χ1) is 7.66. The number of carbonyl (C=O) groups is 1. The standard InChI is InChI=1S/C9H5BrClN3OS/c10-6-3-5(11)1-2-7(6)12-9(15)8-4-16-14-13-8/h1-4H,(H,12,15). The molecule has 1 heterocycles. The number of nitrogens with one attached hydrogen (secondary N) is 1. The average molecular weight is 319 g/mol. The topological polar surface area (TPSA) is 54.9 Å². The third-order valence-corrected chi connectivity index (χ3v) is 3.17. The quantitative estimate of drug-likeness (QED) is 0.925. The van der Waals surface area contributed by atoms with Crippen molar-refractivity contribution in [2.75, 3.05) is 5.32 Å². The number of carbonyl (C=O) groups excluding carboxylic acids is 1. The van der Waals surface area contributed by atoms with Gasteiger partial charge in [-0.2, -0.15) is 0 Å². The summed E-state index contributed by atoms with van der Waals surface area (Å²) < 4.78 is 4.34. The van der Waals surface area contributed by atoms with Crippen molar-refractivity contribution in [2.45, 2.75) is 0 Å². The highest BCUT2D eigenvalue weighted by molar-refractivity contribution is 9.10. The van der Waals surface area contributed by atoms with Gasteiger partial charge in [0.2, 0.25) is 0 Å². The normalized spacial score (nSPS) is 10.1. The van der Waals surface area contributed by atoms with Crippen molar-refractivity contribution >= 4 is 50.7 Å². The molecule has 0 radical (unpaired) electrons. The van der Waals surface area contributed by atoms with Crippen molar-refractivity contribution in [3.8, 4) is 0 Å². The lowest BCUT2D eigenvalue weighted by atomic mass is 10.3. The Labute approximate surface area is 109 Å². The lowest BCUT2D eigenvalue weighted by Gasteiger charge is -2.05. The number of hydrogen-bond acceptors (Lipinski definition) is 4. The van der Waals surface area contributed by atoms with E-state index in [9.17, 15) is 4.79 Å². The van der Waals surface area contributed by atoms with Crippen LogP contribution in [0.1, 0.15) is 10.5 Å². The number of halogens is 2. The van der Waals surface area contributed by atoms with Gasteiger partial charge < -0.3 is 5.32 Å². The van der Waals surface area contributed by atoms with Crippen LogP contribution >= 0.6 is 39.1 Å². The van der Waals surface area contributed by atoms with Crippen molar-refractivity contribution in [3.63, 3.8) is 0 Å². The Balaban J connectivity index is 2.18. The zero-order valence-corrected chi connectivity index (χ0v) is 10.9. The molecule has 1 aromatic heterocycles. The van der Waals surface area contributed by atoms with Gasteiger partial charge in [0.15, 0.2) is 5.69 Å². The SMILES string of the molecule is O=C(Nc1ccc(Cl)cc1Br)c1csnn1. The van der Waals surface area contributed by atoms with Gasteiger partial charge in [0, 0.05) is 14.9 Å². The molecule has 0 saturated heterocycles. The van der Waals surface area contributed by atoms with E-state index in [0.29, 0.717) is 16.4 Å². The molecule has 16 heavy (non-hydrogen) atoms. The average Bonchev–Trinajstić information content (AvgIpc) is 2.75. The maximum atomic E-state index is 11.7. The van der Waals surface area contributed by atoms with E-state index in [1.807, 2.05) is 0 Å². The van der Waals surface area contributed by atoms with Crippen LogP contribution in [-0.2, 0) is 0 Å². The molecule has 2 rings (SSSR count). The summed E-state index contributed by atoms with van der Waals surface area (Å²) in [5, 5.41) is 8.55. The second-order valence-corrected chi connectivity index (χ2v) is 4.77. The van der Waals surface area contributed by atoms with Gasteiger partial charge in [-0.1, -0.05) is 16.1 Å². The number of rotatable bonds is 2. The third-order valence-electron chi connectivity index (χ3n) is 1.77. The summed E-state index contributed by atoms with van der Waals surface area (Å²) in [6.45, 7) is 0. The number of nitrogens with zero attached hydrogens (tertiary/aromatic N) is 2. The minimum Gasteiger partial charge on any atom is -0.320 e. The Bertz CT molecular complexity index is 517. The molecular formula is C9H5BrClN3OS. The van der Waals surface area contributed by atoms with Crippen LogP contribution in [0.4, 0.5) is 5.69 Å². The molecule has 0 aliphatic heterocycles. The van der Waals surface area contributed by atoms with Gasteiger partial charge in [-0.05, 0) is 45.7 Å². The summed E-state index contributed by atoms with van der Waals surface area (Å²) in [6.07, 6.45) is 0. The van der Waals surface area contributed by atoms with Crippen LogP contribution in [0.5, 0.6) is 0 Å². The van der Waals surface area contributed by atoms with Crippen LogP contribution in [0.3, 0.4) is 0 Å². The second-order valence-electron chi connectivity index (χ2n) is 2.87. The molecule has 2 aromatic rings. The highest BCUT2D eigenvalue weighted by Gasteiger charge is 2.10. The smallest absolute Gasteiger partial charge is 0.277 e. The molecule has 0 atom stereocenters. The Hall–Kier alpha value is -0.980. The van der Waals surface area contributed by atoms with E-state index < -0.39 is 0 Å². The number of hydrogen-bond donors (Lipinski definition) is 1. The summed E-state index contributed by atoms with van der Waals surface area (Å²) in [5.74, 6) is -0.295. The lowest BCUT2D eigenvalue weighted by molar-refractivity contribution is 0.102. The molecule has 0 unspecified atom stereocenters. The maximum Gasteiger partial charge on any atom is 0.277 e. The highest BCUT2D eigenvalue weighted by atomic mass is 79.9. The molecule has 0 fully saturated rings. The lowest BCUT2D eigenvalue weighted by Crippen LogP contribution is -2.12. The van der Waals surface area contributed by atoms with E-state index >= 15 is 0 Å². The number of benzene rings is 1. The largest absolute Gasteiger partial charge is 0.320 e. The zero-order valence-electron chi connectivity index (χ0n) is 7.78. The van der Waals surface area contributed by atoms with Crippen molar-refractivity contribution in [3.05, 3.63) is 38.8 Å². The molecule has 1 N–H and O–H groups in total. The van der Waals surface area contributed by atoms with Gasteiger partial charge >= 0.3 is 0 Å². The van der Waals surface area contributed by atoms with E-state index in [0.717, 1.165) is 16.0 Å². The Morgan fingerprint density at radius 3 is 2.94 bits per heavy atom. The van der Waals surface area contributed by atoms with Crippen molar-refractivity contribution in [2.24, 2.45) is 0 Å². The molecule has 0 aliphatic carbocycles. The zero-order chi connectivity index (χ0) is 11.5. The fourth-order valence-electron chi connectivity index (χ4n) is 1.04. The molecular weight excluding hydrogens is 314 g/mol. The Morgan fingerprint density at radius 2 is 2.31 bits per heavy atom. The fraction of sp³-hybridized carbons (Fsp3) is 0. The Kier molecular flexibility index (Phi) is 3.52. The minimum absolute atomic E-state index is 0.295. The van der Waals surface area contributed by atoms with E-state index in [-0.39, 0.29) is 5.91 Å². The highest BCUT2D eigenvalue weighted by Crippen LogP contribution is 2.26.